The van der Waals surface area contributed by atoms with E-state index in [1.165, 1.54) is 18.9 Å². The van der Waals surface area contributed by atoms with Crippen LogP contribution in [0.15, 0.2) is 36.7 Å². The minimum absolute atomic E-state index is 0.0697. The second kappa shape index (κ2) is 10.1. The highest BCUT2D eigenvalue weighted by Crippen LogP contribution is 2.25. The zero-order chi connectivity index (χ0) is 23.4. The van der Waals surface area contributed by atoms with Crippen LogP contribution >= 0.6 is 0 Å². The molecule has 0 spiro atoms. The average Bonchev–Trinajstić information content (AvgIpc) is 3.19. The Hall–Kier alpha value is -3.36. The predicted octanol–water partition coefficient (Wildman–Crippen LogP) is 2.92. The fourth-order valence-electron chi connectivity index (χ4n) is 4.22. The maximum Gasteiger partial charge on any atom is 0.325 e. The Labute approximate surface area is 194 Å². The molecule has 2 aromatic rings. The zero-order valence-electron chi connectivity index (χ0n) is 19.4. The summed E-state index contributed by atoms with van der Waals surface area (Å²) in [6, 6.07) is 7.94. The lowest BCUT2D eigenvalue weighted by atomic mass is 10.0. The molecule has 0 aliphatic carbocycles. The number of hydrogen-bond donors (Lipinski definition) is 0. The Morgan fingerprint density at radius 3 is 2.52 bits per heavy atom. The molecule has 0 saturated carbocycles. The summed E-state index contributed by atoms with van der Waals surface area (Å²) >= 11 is 0. The molecule has 9 nitrogen and oxygen atoms in total. The number of urea groups is 1. The second-order valence-electron chi connectivity index (χ2n) is 8.69. The van der Waals surface area contributed by atoms with Crippen LogP contribution in [0.25, 0.3) is 0 Å². The van der Waals surface area contributed by atoms with Gasteiger partial charge in [0.25, 0.3) is 11.8 Å². The lowest BCUT2D eigenvalue weighted by Crippen LogP contribution is -2.48. The van der Waals surface area contributed by atoms with Gasteiger partial charge in [-0.3, -0.25) is 9.69 Å². The van der Waals surface area contributed by atoms with E-state index in [1.54, 1.807) is 20.9 Å². The molecule has 2 aliphatic heterocycles. The van der Waals surface area contributed by atoms with Gasteiger partial charge in [-0.1, -0.05) is 26.0 Å². The molecule has 9 heteroatoms. The van der Waals surface area contributed by atoms with E-state index in [9.17, 15) is 9.59 Å². The smallest absolute Gasteiger partial charge is 0.325 e. The number of benzene rings is 1. The topological polar surface area (TPSA) is 88.1 Å². The van der Waals surface area contributed by atoms with E-state index in [-0.39, 0.29) is 24.6 Å². The van der Waals surface area contributed by atoms with Gasteiger partial charge in [-0.15, -0.1) is 0 Å². The first-order valence-corrected chi connectivity index (χ1v) is 11.4. The quantitative estimate of drug-likeness (QED) is 0.641. The number of carbonyl (C=O) groups excluding carboxylic acids is 2. The number of nitrogens with zero attached hydrogens (tertiary/aromatic N) is 5. The molecule has 1 unspecified atom stereocenters. The SMILES string of the molecule is COc1nccnc1OC1CCCN(C(=O)CN2CCN(c3ccc(C(C)C)cc3)C2=O)C1. The van der Waals surface area contributed by atoms with Crippen molar-refractivity contribution in [3.05, 3.63) is 42.2 Å². The highest BCUT2D eigenvalue weighted by molar-refractivity contribution is 5.96. The normalized spacial score (nSPS) is 18.7. The number of aromatic nitrogens is 2. The fourth-order valence-corrected chi connectivity index (χ4v) is 4.22. The summed E-state index contributed by atoms with van der Waals surface area (Å²) in [6.07, 6.45) is 4.52. The van der Waals surface area contributed by atoms with Crippen LogP contribution in [0.4, 0.5) is 10.5 Å². The van der Waals surface area contributed by atoms with Gasteiger partial charge in [-0.25, -0.2) is 14.8 Å². The van der Waals surface area contributed by atoms with Crippen molar-refractivity contribution >= 4 is 17.6 Å². The van der Waals surface area contributed by atoms with Gasteiger partial charge < -0.3 is 19.3 Å². The van der Waals surface area contributed by atoms with E-state index in [0.717, 1.165) is 18.5 Å². The van der Waals surface area contributed by atoms with Crippen molar-refractivity contribution in [3.8, 4) is 11.8 Å². The van der Waals surface area contributed by atoms with Gasteiger partial charge in [-0.05, 0) is 36.5 Å². The Morgan fingerprint density at radius 2 is 1.82 bits per heavy atom. The molecule has 2 saturated heterocycles. The summed E-state index contributed by atoms with van der Waals surface area (Å²) < 4.78 is 11.2. The van der Waals surface area contributed by atoms with Crippen molar-refractivity contribution in [1.82, 2.24) is 19.8 Å². The van der Waals surface area contributed by atoms with Crippen LogP contribution in [0.2, 0.25) is 0 Å². The molecule has 0 N–H and O–H groups in total. The molecule has 1 aromatic heterocycles. The molecule has 2 aliphatic rings. The third-order valence-corrected chi connectivity index (χ3v) is 6.13. The van der Waals surface area contributed by atoms with Crippen LogP contribution < -0.4 is 14.4 Å². The van der Waals surface area contributed by atoms with E-state index in [2.05, 4.69) is 35.9 Å². The van der Waals surface area contributed by atoms with Gasteiger partial charge in [0.1, 0.15) is 12.6 Å². The third-order valence-electron chi connectivity index (χ3n) is 6.13. The van der Waals surface area contributed by atoms with E-state index in [0.29, 0.717) is 43.9 Å². The number of anilines is 1. The number of hydrogen-bond acceptors (Lipinski definition) is 6. The summed E-state index contributed by atoms with van der Waals surface area (Å²) in [5, 5.41) is 0. The molecule has 0 bridgehead atoms. The minimum atomic E-state index is -0.196. The Kier molecular flexibility index (Phi) is 6.96. The summed E-state index contributed by atoms with van der Waals surface area (Å²) in [4.78, 5) is 39.3. The molecule has 176 valence electrons. The Balaban J connectivity index is 1.33. The molecule has 3 heterocycles. The van der Waals surface area contributed by atoms with Crippen LogP contribution in [0.3, 0.4) is 0 Å². The Bertz CT molecular complexity index is 981. The van der Waals surface area contributed by atoms with E-state index < -0.39 is 0 Å². The van der Waals surface area contributed by atoms with Crippen LogP contribution in [0.1, 0.15) is 38.2 Å². The van der Waals surface area contributed by atoms with Gasteiger partial charge in [0.2, 0.25) is 5.91 Å². The van der Waals surface area contributed by atoms with Crippen molar-refractivity contribution in [2.24, 2.45) is 0 Å². The number of rotatable bonds is 7. The number of likely N-dealkylation sites (tertiary alicyclic amines) is 1. The third kappa shape index (κ3) is 5.18. The average molecular weight is 454 g/mol. The fraction of sp³-hybridized carbons (Fsp3) is 0.500. The maximum absolute atomic E-state index is 13.0. The molecular weight excluding hydrogens is 422 g/mol. The number of methoxy groups -OCH3 is 1. The standard InChI is InChI=1S/C24H31N5O4/c1-17(2)18-6-8-19(9-7-18)29-14-13-28(24(29)31)16-21(30)27-12-4-5-20(15-27)33-23-22(32-3)25-10-11-26-23/h6-11,17,20H,4-5,12-16H2,1-3H3. The molecule has 1 aromatic carbocycles. The number of amides is 3. The van der Waals surface area contributed by atoms with Crippen molar-refractivity contribution in [3.63, 3.8) is 0 Å². The van der Waals surface area contributed by atoms with Crippen molar-refractivity contribution in [2.75, 3.05) is 44.7 Å². The summed E-state index contributed by atoms with van der Waals surface area (Å²) in [5.74, 6) is 1.02. The van der Waals surface area contributed by atoms with Crippen LogP contribution in [-0.2, 0) is 4.79 Å². The molecule has 33 heavy (non-hydrogen) atoms. The van der Waals surface area contributed by atoms with Crippen LogP contribution in [-0.4, -0.2) is 77.6 Å². The largest absolute Gasteiger partial charge is 0.477 e. The number of carbonyl (C=O) groups is 2. The van der Waals surface area contributed by atoms with Gasteiger partial charge in [-0.2, -0.15) is 0 Å². The van der Waals surface area contributed by atoms with Crippen LogP contribution in [0, 0.1) is 0 Å². The van der Waals surface area contributed by atoms with Gasteiger partial charge >= 0.3 is 6.03 Å². The summed E-state index contributed by atoms with van der Waals surface area (Å²) in [7, 11) is 1.52. The molecule has 3 amide bonds. The van der Waals surface area contributed by atoms with Crippen molar-refractivity contribution in [1.29, 1.82) is 0 Å². The second-order valence-corrected chi connectivity index (χ2v) is 8.69. The molecule has 2 fully saturated rings. The first kappa shape index (κ1) is 22.8. The summed E-state index contributed by atoms with van der Waals surface area (Å²) in [5.41, 5.74) is 2.10. The van der Waals surface area contributed by atoms with Crippen molar-refractivity contribution < 1.29 is 19.1 Å². The van der Waals surface area contributed by atoms with Crippen molar-refractivity contribution in [2.45, 2.75) is 38.7 Å². The lowest BCUT2D eigenvalue weighted by molar-refractivity contribution is -0.134. The molecule has 4 rings (SSSR count). The first-order chi connectivity index (χ1) is 16.0. The van der Waals surface area contributed by atoms with Gasteiger partial charge in [0, 0.05) is 37.7 Å². The van der Waals surface area contributed by atoms with E-state index >= 15 is 0 Å². The maximum atomic E-state index is 13.0. The number of piperidine rings is 1. The van der Waals surface area contributed by atoms with E-state index in [4.69, 9.17) is 9.47 Å². The van der Waals surface area contributed by atoms with Crippen LogP contribution in [0.5, 0.6) is 11.8 Å². The predicted molar refractivity (Wildman–Crippen MR) is 124 cm³/mol. The first-order valence-electron chi connectivity index (χ1n) is 11.4. The highest BCUT2D eigenvalue weighted by atomic mass is 16.5. The Morgan fingerprint density at radius 1 is 1.09 bits per heavy atom. The zero-order valence-corrected chi connectivity index (χ0v) is 19.4. The monoisotopic (exact) mass is 453 g/mol. The molecule has 0 radical (unpaired) electrons. The minimum Gasteiger partial charge on any atom is -0.477 e. The molecule has 1 atom stereocenters. The van der Waals surface area contributed by atoms with Gasteiger partial charge in [0.15, 0.2) is 0 Å². The summed E-state index contributed by atoms with van der Waals surface area (Å²) in [6.45, 7) is 6.55. The van der Waals surface area contributed by atoms with E-state index in [1.807, 2.05) is 12.1 Å². The highest BCUT2D eigenvalue weighted by Gasteiger charge is 2.33. The van der Waals surface area contributed by atoms with Gasteiger partial charge in [0.05, 0.1) is 13.7 Å². The molecular formula is C24H31N5O4. The number of ether oxygens (including phenoxy) is 2. The lowest BCUT2D eigenvalue weighted by Gasteiger charge is -2.33.